The molecule has 15 heteroatoms. The highest BCUT2D eigenvalue weighted by atomic mass is 35.5. The fraction of sp³-hybridized carbons (Fsp3) is 0.286. The average Bonchev–Trinajstić information content (AvgIpc) is 3.30. The van der Waals surface area contributed by atoms with Gasteiger partial charge in [0.25, 0.3) is 5.91 Å². The van der Waals surface area contributed by atoms with E-state index in [9.17, 15) is 22.8 Å². The summed E-state index contributed by atoms with van der Waals surface area (Å²) < 4.78 is 56.6. The highest BCUT2D eigenvalue weighted by Crippen LogP contribution is 2.35. The van der Waals surface area contributed by atoms with E-state index in [1.165, 1.54) is 0 Å². The lowest BCUT2D eigenvalue weighted by Gasteiger charge is -2.35. The normalized spacial score (nSPS) is 14.7. The Morgan fingerprint density at radius 2 is 1.81 bits per heavy atom. The monoisotopic (exact) mass is 527 g/mol. The van der Waals surface area contributed by atoms with E-state index in [1.54, 1.807) is 4.90 Å². The zero-order valence-electron chi connectivity index (χ0n) is 18.6. The van der Waals surface area contributed by atoms with Crippen molar-refractivity contribution in [2.24, 2.45) is 0 Å². The molecule has 0 saturated carbocycles. The van der Waals surface area contributed by atoms with E-state index in [4.69, 9.17) is 16.7 Å². The third kappa shape index (κ3) is 5.23. The molecule has 36 heavy (non-hydrogen) atoms. The maximum atomic E-state index is 15.1. The summed E-state index contributed by atoms with van der Waals surface area (Å²) in [4.78, 5) is 31.5. The number of carboxylic acid groups (broad SMARTS) is 1. The van der Waals surface area contributed by atoms with Gasteiger partial charge in [0.1, 0.15) is 10.8 Å². The van der Waals surface area contributed by atoms with Crippen molar-refractivity contribution < 1.29 is 32.3 Å². The topological polar surface area (TPSA) is 116 Å². The fourth-order valence-corrected chi connectivity index (χ4v) is 3.81. The van der Waals surface area contributed by atoms with Crippen LogP contribution in [0.1, 0.15) is 26.4 Å². The molecule has 0 aliphatic carbocycles. The molecule has 2 N–H and O–H groups in total. The number of anilines is 2. The first-order valence-corrected chi connectivity index (χ1v) is 10.8. The number of carbonyl (C=O) groups is 2. The molecule has 1 aliphatic rings. The van der Waals surface area contributed by atoms with Gasteiger partial charge in [0.05, 0.1) is 28.7 Å². The first kappa shape index (κ1) is 25.3. The lowest BCUT2D eigenvalue weighted by molar-refractivity contribution is -0.138. The van der Waals surface area contributed by atoms with Crippen LogP contribution in [0.15, 0.2) is 30.6 Å². The van der Waals surface area contributed by atoms with Gasteiger partial charge in [0, 0.05) is 38.4 Å². The van der Waals surface area contributed by atoms with Crippen LogP contribution in [0.4, 0.5) is 28.9 Å². The van der Waals surface area contributed by atoms with Crippen LogP contribution in [-0.4, -0.2) is 75.1 Å². The van der Waals surface area contributed by atoms with Crippen LogP contribution in [-0.2, 0) is 6.18 Å². The quantitative estimate of drug-likeness (QED) is 0.384. The number of aromatic carboxylic acids is 1. The Kier molecular flexibility index (Phi) is 6.82. The Balaban J connectivity index is 1.78. The minimum atomic E-state index is -4.89. The molecule has 1 fully saturated rings. The number of nitrogens with one attached hydrogen (secondary N) is 1. The van der Waals surface area contributed by atoms with Gasteiger partial charge in [0.15, 0.2) is 11.5 Å². The molecule has 3 aromatic rings. The lowest BCUT2D eigenvalue weighted by Crippen LogP contribution is -2.44. The van der Waals surface area contributed by atoms with Gasteiger partial charge in [-0.05, 0) is 19.2 Å². The number of aromatic nitrogens is 4. The Hall–Kier alpha value is -3.78. The van der Waals surface area contributed by atoms with E-state index < -0.39 is 45.8 Å². The number of pyridine rings is 1. The average molecular weight is 528 g/mol. The molecular weight excluding hydrogens is 510 g/mol. The third-order valence-corrected chi connectivity index (χ3v) is 5.74. The Bertz CT molecular complexity index is 1320. The van der Waals surface area contributed by atoms with Crippen LogP contribution in [0.2, 0.25) is 5.15 Å². The third-order valence-electron chi connectivity index (χ3n) is 5.54. The number of benzene rings is 1. The number of halogens is 5. The number of carboxylic acids is 1. The Labute approximate surface area is 206 Å². The number of rotatable bonds is 5. The van der Waals surface area contributed by atoms with E-state index in [-0.39, 0.29) is 17.1 Å². The molecule has 10 nitrogen and oxygen atoms in total. The summed E-state index contributed by atoms with van der Waals surface area (Å²) >= 11 is 5.60. The zero-order valence-corrected chi connectivity index (χ0v) is 19.3. The van der Waals surface area contributed by atoms with E-state index in [0.717, 1.165) is 23.0 Å². The minimum absolute atomic E-state index is 0.0172. The molecule has 1 aliphatic heterocycles. The molecular formula is C21H18ClF4N7O3. The molecule has 4 rings (SSSR count). The van der Waals surface area contributed by atoms with Crippen LogP contribution >= 0.6 is 11.6 Å². The number of alkyl halides is 3. The van der Waals surface area contributed by atoms with Crippen molar-refractivity contribution in [1.82, 2.24) is 24.9 Å². The number of hydrogen-bond acceptors (Lipinski definition) is 7. The lowest BCUT2D eigenvalue weighted by atomic mass is 10.1. The largest absolute Gasteiger partial charge is 0.476 e. The highest BCUT2D eigenvalue weighted by molar-refractivity contribution is 6.29. The maximum absolute atomic E-state index is 15.1. The zero-order chi connectivity index (χ0) is 26.2. The van der Waals surface area contributed by atoms with Gasteiger partial charge >= 0.3 is 12.1 Å². The van der Waals surface area contributed by atoms with Gasteiger partial charge in [-0.1, -0.05) is 16.8 Å². The number of amides is 1. The molecule has 0 atom stereocenters. The standard InChI is InChI=1S/C21H18ClF4N7O3/c1-31-2-4-32(5-3-31)17-7-13(23)16(33-10-15(20(35)36)29-30-33)8-14(17)28-19(34)11-9-27-18(22)6-12(11)21(24,25)26/h6-10H,2-5H2,1H3,(H,28,34)(H,35,36). The van der Waals surface area contributed by atoms with Crippen LogP contribution < -0.4 is 10.2 Å². The molecule has 0 radical (unpaired) electrons. The van der Waals surface area contributed by atoms with Gasteiger partial charge < -0.3 is 20.2 Å². The second-order valence-electron chi connectivity index (χ2n) is 7.97. The smallest absolute Gasteiger partial charge is 0.417 e. The summed E-state index contributed by atoms with van der Waals surface area (Å²) in [6.07, 6.45) is -3.22. The number of piperazine rings is 1. The molecule has 0 spiro atoms. The first-order valence-electron chi connectivity index (χ1n) is 10.4. The Morgan fingerprint density at radius 3 is 2.42 bits per heavy atom. The number of nitrogens with zero attached hydrogens (tertiary/aromatic N) is 6. The number of carbonyl (C=O) groups excluding carboxylic acids is 1. The molecule has 1 saturated heterocycles. The second kappa shape index (κ2) is 9.70. The van der Waals surface area contributed by atoms with Gasteiger partial charge in [-0.2, -0.15) is 13.2 Å². The van der Waals surface area contributed by atoms with Crippen molar-refractivity contribution >= 4 is 34.9 Å². The summed E-state index contributed by atoms with van der Waals surface area (Å²) in [5, 5.41) is 18.1. The molecule has 1 amide bonds. The van der Waals surface area contributed by atoms with Crippen LogP contribution in [0.3, 0.4) is 0 Å². The van der Waals surface area contributed by atoms with E-state index in [0.29, 0.717) is 38.4 Å². The predicted molar refractivity (Wildman–Crippen MR) is 120 cm³/mol. The summed E-state index contributed by atoms with van der Waals surface area (Å²) in [6, 6.07) is 2.79. The van der Waals surface area contributed by atoms with E-state index >= 15 is 4.39 Å². The van der Waals surface area contributed by atoms with Crippen molar-refractivity contribution in [3.8, 4) is 5.69 Å². The molecule has 1 aromatic carbocycles. The van der Waals surface area contributed by atoms with Gasteiger partial charge in [0.2, 0.25) is 0 Å². The van der Waals surface area contributed by atoms with Crippen molar-refractivity contribution in [3.05, 3.63) is 58.4 Å². The van der Waals surface area contributed by atoms with Crippen LogP contribution in [0.25, 0.3) is 5.69 Å². The summed E-state index contributed by atoms with van der Waals surface area (Å²) in [7, 11) is 1.90. The van der Waals surface area contributed by atoms with Gasteiger partial charge in [-0.15, -0.1) is 5.10 Å². The van der Waals surface area contributed by atoms with E-state index in [1.807, 2.05) is 11.9 Å². The Morgan fingerprint density at radius 1 is 1.11 bits per heavy atom. The summed E-state index contributed by atoms with van der Waals surface area (Å²) in [5.41, 5.74) is -2.58. The molecule has 0 bridgehead atoms. The van der Waals surface area contributed by atoms with Crippen LogP contribution in [0.5, 0.6) is 0 Å². The molecule has 2 aromatic heterocycles. The maximum Gasteiger partial charge on any atom is 0.417 e. The van der Waals surface area contributed by atoms with Crippen molar-refractivity contribution in [1.29, 1.82) is 0 Å². The predicted octanol–water partition coefficient (Wildman–Crippen LogP) is 3.18. The summed E-state index contributed by atoms with van der Waals surface area (Å²) in [6.45, 7) is 2.17. The van der Waals surface area contributed by atoms with Gasteiger partial charge in [-0.25, -0.2) is 18.9 Å². The van der Waals surface area contributed by atoms with Crippen molar-refractivity contribution in [2.75, 3.05) is 43.4 Å². The summed E-state index contributed by atoms with van der Waals surface area (Å²) in [5.74, 6) is -3.35. The van der Waals surface area contributed by atoms with Crippen molar-refractivity contribution in [2.45, 2.75) is 6.18 Å². The SMILES string of the molecule is CN1CCN(c2cc(F)c(-n3cc(C(=O)O)nn3)cc2NC(=O)c2cnc(Cl)cc2C(F)(F)F)CC1. The van der Waals surface area contributed by atoms with E-state index in [2.05, 4.69) is 20.6 Å². The first-order chi connectivity index (χ1) is 16.9. The molecule has 0 unspecified atom stereocenters. The van der Waals surface area contributed by atoms with Crippen LogP contribution in [0, 0.1) is 5.82 Å². The highest BCUT2D eigenvalue weighted by Gasteiger charge is 2.36. The van der Waals surface area contributed by atoms with Gasteiger partial charge in [-0.3, -0.25) is 4.79 Å². The fourth-order valence-electron chi connectivity index (χ4n) is 3.65. The van der Waals surface area contributed by atoms with Crippen molar-refractivity contribution in [3.63, 3.8) is 0 Å². The molecule has 3 heterocycles. The second-order valence-corrected chi connectivity index (χ2v) is 8.36. The number of likely N-dealkylation sites (N-methyl/N-ethyl adjacent to an activating group) is 1. The molecule has 190 valence electrons. The minimum Gasteiger partial charge on any atom is -0.476 e. The number of hydrogen-bond donors (Lipinski definition) is 2.